The number of fused-ring (bicyclic) bond motifs is 2. The van der Waals surface area contributed by atoms with Gasteiger partial charge in [-0.3, -0.25) is 4.79 Å². The molecule has 1 N–H and O–H groups in total. The third-order valence-electron chi connectivity index (χ3n) is 5.77. The van der Waals surface area contributed by atoms with Gasteiger partial charge in [-0.25, -0.2) is 0 Å². The lowest BCUT2D eigenvalue weighted by molar-refractivity contribution is 0.0729. The number of amides is 1. The predicted molar refractivity (Wildman–Crippen MR) is 98.9 cm³/mol. The minimum absolute atomic E-state index is 0.0343. The van der Waals surface area contributed by atoms with E-state index in [0.29, 0.717) is 0 Å². The Hall–Kier alpha value is -2.63. The minimum atomic E-state index is 0.0343. The number of likely N-dealkylation sites (tertiary alicyclic amines) is 1. The molecule has 0 radical (unpaired) electrons. The number of benzene rings is 1. The highest BCUT2D eigenvalue weighted by atomic mass is 16.2. The molecule has 0 saturated carbocycles. The van der Waals surface area contributed by atoms with E-state index in [-0.39, 0.29) is 11.9 Å². The van der Waals surface area contributed by atoms with E-state index >= 15 is 0 Å². The summed E-state index contributed by atoms with van der Waals surface area (Å²) in [4.78, 5) is 18.6. The number of hydrogen-bond acceptors (Lipinski definition) is 3. The summed E-state index contributed by atoms with van der Waals surface area (Å²) in [5.74, 6) is 2.15. The van der Waals surface area contributed by atoms with Crippen LogP contribution in [0.4, 0.5) is 0 Å². The molecule has 26 heavy (non-hydrogen) atoms. The lowest BCUT2D eigenvalue weighted by Crippen LogP contribution is -2.32. The first-order valence-electron chi connectivity index (χ1n) is 9.62. The molecule has 2 aromatic heterocycles. The Kier molecular flexibility index (Phi) is 3.76. The highest BCUT2D eigenvalue weighted by Gasteiger charge is 2.35. The Balaban J connectivity index is 1.51. The van der Waals surface area contributed by atoms with Gasteiger partial charge in [-0.15, -0.1) is 10.2 Å². The summed E-state index contributed by atoms with van der Waals surface area (Å²) in [5, 5.41) is 10.0. The second-order valence-electron chi connectivity index (χ2n) is 7.34. The summed E-state index contributed by atoms with van der Waals surface area (Å²) < 4.78 is 2.28. The maximum atomic E-state index is 13.3. The average Bonchev–Trinajstić information content (AvgIpc) is 3.37. The molecule has 0 bridgehead atoms. The molecule has 1 aromatic carbocycles. The van der Waals surface area contributed by atoms with E-state index in [1.807, 2.05) is 35.4 Å². The number of nitrogens with one attached hydrogen (secondary N) is 1. The van der Waals surface area contributed by atoms with E-state index in [1.54, 1.807) is 0 Å². The summed E-state index contributed by atoms with van der Waals surface area (Å²) in [7, 11) is 0. The normalized spacial score (nSPS) is 20.3. The number of H-pyrrole nitrogens is 1. The number of carbonyl (C=O) groups is 1. The molecular weight excluding hydrogens is 326 g/mol. The molecule has 2 aliphatic rings. The molecule has 6 heteroatoms. The van der Waals surface area contributed by atoms with Crippen LogP contribution in [0.2, 0.25) is 0 Å². The Morgan fingerprint density at radius 3 is 3.00 bits per heavy atom. The number of hydrogen-bond donors (Lipinski definition) is 1. The van der Waals surface area contributed by atoms with Gasteiger partial charge in [0.2, 0.25) is 0 Å². The number of aryl methyl sites for hydroxylation is 1. The van der Waals surface area contributed by atoms with Crippen molar-refractivity contribution in [1.29, 1.82) is 0 Å². The van der Waals surface area contributed by atoms with E-state index in [1.165, 1.54) is 19.3 Å². The maximum absolute atomic E-state index is 13.3. The smallest absolute Gasteiger partial charge is 0.256 e. The Labute approximate surface area is 152 Å². The van der Waals surface area contributed by atoms with Gasteiger partial charge in [-0.05, 0) is 37.8 Å². The molecule has 6 nitrogen and oxygen atoms in total. The number of aromatic nitrogens is 4. The van der Waals surface area contributed by atoms with Gasteiger partial charge < -0.3 is 14.5 Å². The van der Waals surface area contributed by atoms with Gasteiger partial charge in [0.25, 0.3) is 5.91 Å². The van der Waals surface area contributed by atoms with Crippen LogP contribution in [0.15, 0.2) is 30.5 Å². The number of carbonyl (C=O) groups excluding carboxylic acids is 1. The van der Waals surface area contributed by atoms with Crippen LogP contribution in [0.1, 0.15) is 60.2 Å². The summed E-state index contributed by atoms with van der Waals surface area (Å²) in [6.07, 6.45) is 8.45. The van der Waals surface area contributed by atoms with Crippen LogP contribution in [-0.4, -0.2) is 37.1 Å². The number of aromatic amines is 1. The predicted octanol–water partition coefficient (Wildman–Crippen LogP) is 3.46. The first-order valence-corrected chi connectivity index (χ1v) is 9.62. The van der Waals surface area contributed by atoms with Gasteiger partial charge in [-0.1, -0.05) is 18.6 Å². The van der Waals surface area contributed by atoms with Gasteiger partial charge in [-0.2, -0.15) is 0 Å². The fourth-order valence-electron chi connectivity index (χ4n) is 4.45. The SMILES string of the molecule is O=C(c1cccc2cc[nH]c12)N1CCC[C@@H]1c1nnc2n1CCCCC2. The van der Waals surface area contributed by atoms with Crippen molar-refractivity contribution in [2.45, 2.75) is 51.1 Å². The van der Waals surface area contributed by atoms with E-state index in [0.717, 1.165) is 60.5 Å². The summed E-state index contributed by atoms with van der Waals surface area (Å²) in [6, 6.07) is 7.94. The van der Waals surface area contributed by atoms with Crippen LogP contribution in [0.25, 0.3) is 10.9 Å². The molecule has 5 rings (SSSR count). The highest BCUT2D eigenvalue weighted by molar-refractivity contribution is 6.05. The molecule has 0 unspecified atom stereocenters. The Morgan fingerprint density at radius 2 is 2.04 bits per heavy atom. The monoisotopic (exact) mass is 349 g/mol. The molecule has 0 spiro atoms. The Morgan fingerprint density at radius 1 is 1.08 bits per heavy atom. The molecule has 1 saturated heterocycles. The minimum Gasteiger partial charge on any atom is -0.361 e. The van der Waals surface area contributed by atoms with Crippen molar-refractivity contribution in [1.82, 2.24) is 24.6 Å². The molecular formula is C20H23N5O. The van der Waals surface area contributed by atoms with Crippen molar-refractivity contribution in [2.75, 3.05) is 6.54 Å². The topological polar surface area (TPSA) is 66.8 Å². The zero-order chi connectivity index (χ0) is 17.5. The number of rotatable bonds is 2. The third kappa shape index (κ3) is 2.43. The second kappa shape index (κ2) is 6.27. The standard InChI is InChI=1S/C20H23N5O/c26-20(15-7-4-6-14-10-11-21-18(14)15)24-13-5-8-16(24)19-23-22-17-9-2-1-3-12-25(17)19/h4,6-7,10-11,16,21H,1-3,5,8-9,12-13H2/t16-/m1/s1. The second-order valence-corrected chi connectivity index (χ2v) is 7.34. The van der Waals surface area contributed by atoms with Crippen LogP contribution in [0, 0.1) is 0 Å². The fraction of sp³-hybridized carbons (Fsp3) is 0.450. The fourth-order valence-corrected chi connectivity index (χ4v) is 4.45. The van der Waals surface area contributed by atoms with Crippen LogP contribution < -0.4 is 0 Å². The van der Waals surface area contributed by atoms with E-state index in [2.05, 4.69) is 19.7 Å². The first kappa shape index (κ1) is 15.6. The van der Waals surface area contributed by atoms with Gasteiger partial charge in [0.15, 0.2) is 5.82 Å². The van der Waals surface area contributed by atoms with Gasteiger partial charge in [0, 0.05) is 31.1 Å². The van der Waals surface area contributed by atoms with Crippen LogP contribution in [-0.2, 0) is 13.0 Å². The molecule has 0 aliphatic carbocycles. The van der Waals surface area contributed by atoms with Crippen LogP contribution in [0.3, 0.4) is 0 Å². The maximum Gasteiger partial charge on any atom is 0.256 e. The van der Waals surface area contributed by atoms with Crippen molar-refractivity contribution in [3.8, 4) is 0 Å². The largest absolute Gasteiger partial charge is 0.361 e. The van der Waals surface area contributed by atoms with Crippen molar-refractivity contribution < 1.29 is 4.79 Å². The zero-order valence-corrected chi connectivity index (χ0v) is 14.8. The molecule has 134 valence electrons. The average molecular weight is 349 g/mol. The van der Waals surface area contributed by atoms with Crippen LogP contribution in [0.5, 0.6) is 0 Å². The molecule has 1 amide bonds. The van der Waals surface area contributed by atoms with E-state index < -0.39 is 0 Å². The lowest BCUT2D eigenvalue weighted by Gasteiger charge is -2.25. The summed E-state index contributed by atoms with van der Waals surface area (Å²) >= 11 is 0. The number of nitrogens with zero attached hydrogens (tertiary/aromatic N) is 4. The van der Waals surface area contributed by atoms with Gasteiger partial charge in [0.05, 0.1) is 17.1 Å². The third-order valence-corrected chi connectivity index (χ3v) is 5.77. The van der Waals surface area contributed by atoms with Crippen molar-refractivity contribution in [2.24, 2.45) is 0 Å². The van der Waals surface area contributed by atoms with Crippen molar-refractivity contribution >= 4 is 16.8 Å². The van der Waals surface area contributed by atoms with E-state index in [4.69, 9.17) is 0 Å². The Bertz CT molecular complexity index is 956. The number of para-hydroxylation sites is 1. The molecule has 3 aromatic rings. The van der Waals surface area contributed by atoms with Gasteiger partial charge >= 0.3 is 0 Å². The molecule has 2 aliphatic heterocycles. The molecule has 1 fully saturated rings. The van der Waals surface area contributed by atoms with Crippen molar-refractivity contribution in [3.63, 3.8) is 0 Å². The zero-order valence-electron chi connectivity index (χ0n) is 14.8. The summed E-state index contributed by atoms with van der Waals surface area (Å²) in [6.45, 7) is 1.76. The van der Waals surface area contributed by atoms with Crippen molar-refractivity contribution in [3.05, 3.63) is 47.7 Å². The lowest BCUT2D eigenvalue weighted by atomic mass is 10.1. The highest BCUT2D eigenvalue weighted by Crippen LogP contribution is 2.34. The summed E-state index contributed by atoms with van der Waals surface area (Å²) in [5.41, 5.74) is 1.67. The van der Waals surface area contributed by atoms with Gasteiger partial charge in [0.1, 0.15) is 5.82 Å². The van der Waals surface area contributed by atoms with Crippen LogP contribution >= 0.6 is 0 Å². The molecule has 4 heterocycles. The first-order chi connectivity index (χ1) is 12.8. The quantitative estimate of drug-likeness (QED) is 0.770. The van der Waals surface area contributed by atoms with E-state index in [9.17, 15) is 4.79 Å². The molecule has 1 atom stereocenters.